The van der Waals surface area contributed by atoms with Gasteiger partial charge in [0, 0.05) is 24.1 Å². The number of anilines is 1. The van der Waals surface area contributed by atoms with Crippen molar-refractivity contribution in [1.29, 1.82) is 0 Å². The highest BCUT2D eigenvalue weighted by Gasteiger charge is 2.25. The number of carbonyl (C=O) groups excluding carboxylic acids is 1. The van der Waals surface area contributed by atoms with Crippen molar-refractivity contribution in [1.82, 2.24) is 4.90 Å². The number of thiophene rings is 1. The summed E-state index contributed by atoms with van der Waals surface area (Å²) in [6.45, 7) is 3.87. The van der Waals surface area contributed by atoms with E-state index in [1.807, 2.05) is 22.0 Å². The molecular weight excluding hydrogens is 240 g/mol. The van der Waals surface area contributed by atoms with Crippen molar-refractivity contribution in [2.45, 2.75) is 18.6 Å². The fourth-order valence-corrected chi connectivity index (χ4v) is 3.75. The molecule has 1 amide bonds. The zero-order valence-corrected chi connectivity index (χ0v) is 10.9. The number of nitrogen functional groups attached to an aromatic ring is 1. The van der Waals surface area contributed by atoms with E-state index in [2.05, 4.69) is 6.92 Å². The Morgan fingerprint density at radius 1 is 1.69 bits per heavy atom. The molecule has 1 aliphatic heterocycles. The third kappa shape index (κ3) is 2.35. The van der Waals surface area contributed by atoms with E-state index >= 15 is 0 Å². The summed E-state index contributed by atoms with van der Waals surface area (Å²) in [5.74, 6) is 1.14. The van der Waals surface area contributed by atoms with E-state index < -0.39 is 0 Å². The Labute approximate surface area is 104 Å². The molecular formula is C11H16N2OS2. The van der Waals surface area contributed by atoms with Gasteiger partial charge in [0.05, 0.1) is 5.69 Å². The average Bonchev–Trinajstić information content (AvgIpc) is 2.74. The van der Waals surface area contributed by atoms with Gasteiger partial charge >= 0.3 is 0 Å². The van der Waals surface area contributed by atoms with Crippen molar-refractivity contribution in [3.63, 3.8) is 0 Å². The van der Waals surface area contributed by atoms with Crippen LogP contribution in [-0.2, 0) is 0 Å². The third-order valence-electron chi connectivity index (χ3n) is 2.77. The van der Waals surface area contributed by atoms with E-state index in [-0.39, 0.29) is 5.91 Å². The minimum atomic E-state index is 0.103. The number of hydrogen-bond donors (Lipinski definition) is 1. The van der Waals surface area contributed by atoms with Gasteiger partial charge in [0.15, 0.2) is 0 Å². The highest BCUT2D eigenvalue weighted by molar-refractivity contribution is 8.00. The molecule has 0 aliphatic carbocycles. The molecule has 1 aliphatic rings. The smallest absolute Gasteiger partial charge is 0.266 e. The van der Waals surface area contributed by atoms with Gasteiger partial charge in [-0.25, -0.2) is 0 Å². The van der Waals surface area contributed by atoms with E-state index in [9.17, 15) is 4.79 Å². The van der Waals surface area contributed by atoms with Crippen LogP contribution in [0.15, 0.2) is 11.4 Å². The molecule has 0 aromatic carbocycles. The molecule has 16 heavy (non-hydrogen) atoms. The Balaban J connectivity index is 2.07. The largest absolute Gasteiger partial charge is 0.397 e. The Bertz CT molecular complexity index is 378. The summed E-state index contributed by atoms with van der Waals surface area (Å²) in [5, 5.41) is 2.46. The highest BCUT2D eigenvalue weighted by Crippen LogP contribution is 2.26. The van der Waals surface area contributed by atoms with Gasteiger partial charge in [0.25, 0.3) is 5.91 Å². The van der Waals surface area contributed by atoms with Crippen molar-refractivity contribution in [2.75, 3.05) is 24.6 Å². The standard InChI is InChI=1S/C11H16N2OS2/c1-2-8-7-13(4-6-15-8)11(14)10-9(12)3-5-16-10/h3,5,8H,2,4,6-7,12H2,1H3. The van der Waals surface area contributed by atoms with Crippen molar-refractivity contribution in [2.24, 2.45) is 0 Å². The van der Waals surface area contributed by atoms with Gasteiger partial charge in [-0.1, -0.05) is 6.92 Å². The van der Waals surface area contributed by atoms with Gasteiger partial charge < -0.3 is 10.6 Å². The number of hydrogen-bond acceptors (Lipinski definition) is 4. The molecule has 5 heteroatoms. The van der Waals surface area contributed by atoms with Gasteiger partial charge in [-0.3, -0.25) is 4.79 Å². The van der Waals surface area contributed by atoms with Crippen LogP contribution in [0.4, 0.5) is 5.69 Å². The average molecular weight is 256 g/mol. The lowest BCUT2D eigenvalue weighted by atomic mass is 10.2. The summed E-state index contributed by atoms with van der Waals surface area (Å²) in [6.07, 6.45) is 1.12. The quantitative estimate of drug-likeness (QED) is 0.883. The van der Waals surface area contributed by atoms with E-state index in [0.29, 0.717) is 15.8 Å². The second-order valence-electron chi connectivity index (χ2n) is 3.86. The first-order chi connectivity index (χ1) is 7.72. The molecule has 0 radical (unpaired) electrons. The maximum atomic E-state index is 12.2. The molecule has 1 atom stereocenters. The van der Waals surface area contributed by atoms with E-state index in [1.54, 1.807) is 6.07 Å². The van der Waals surface area contributed by atoms with Gasteiger partial charge in [-0.05, 0) is 17.9 Å². The van der Waals surface area contributed by atoms with Gasteiger partial charge in [-0.2, -0.15) is 11.8 Å². The summed E-state index contributed by atoms with van der Waals surface area (Å²) in [6, 6.07) is 1.80. The Hall–Kier alpha value is -0.680. The molecule has 1 aromatic rings. The van der Waals surface area contributed by atoms with Crippen molar-refractivity contribution >= 4 is 34.7 Å². The SMILES string of the molecule is CCC1CN(C(=O)c2sccc2N)CCS1. The fourth-order valence-electron chi connectivity index (χ4n) is 1.79. The maximum absolute atomic E-state index is 12.2. The van der Waals surface area contributed by atoms with E-state index in [4.69, 9.17) is 5.73 Å². The van der Waals surface area contributed by atoms with Crippen LogP contribution >= 0.6 is 23.1 Å². The molecule has 0 bridgehead atoms. The number of rotatable bonds is 2. The first-order valence-corrected chi connectivity index (χ1v) is 7.39. The van der Waals surface area contributed by atoms with Crippen LogP contribution in [0, 0.1) is 0 Å². The lowest BCUT2D eigenvalue weighted by molar-refractivity contribution is 0.0767. The fraction of sp³-hybridized carbons (Fsp3) is 0.545. The van der Waals surface area contributed by atoms with Crippen LogP contribution < -0.4 is 5.73 Å². The molecule has 0 saturated carbocycles. The number of nitrogens with two attached hydrogens (primary N) is 1. The molecule has 2 heterocycles. The van der Waals surface area contributed by atoms with Crippen LogP contribution in [0.1, 0.15) is 23.0 Å². The van der Waals surface area contributed by atoms with Gasteiger partial charge in [0.2, 0.25) is 0 Å². The lowest BCUT2D eigenvalue weighted by Gasteiger charge is -2.31. The Morgan fingerprint density at radius 3 is 3.12 bits per heavy atom. The summed E-state index contributed by atoms with van der Waals surface area (Å²) < 4.78 is 0. The van der Waals surface area contributed by atoms with Crippen LogP contribution in [0.5, 0.6) is 0 Å². The summed E-state index contributed by atoms with van der Waals surface area (Å²) in [4.78, 5) is 14.8. The molecule has 1 unspecified atom stereocenters. The first-order valence-electron chi connectivity index (χ1n) is 5.46. The molecule has 2 rings (SSSR count). The first kappa shape index (κ1) is 11.8. The molecule has 88 valence electrons. The molecule has 0 spiro atoms. The number of nitrogens with zero attached hydrogens (tertiary/aromatic N) is 1. The number of carbonyl (C=O) groups is 1. The monoisotopic (exact) mass is 256 g/mol. The van der Waals surface area contributed by atoms with Crippen LogP contribution in [0.3, 0.4) is 0 Å². The van der Waals surface area contributed by atoms with Crippen molar-refractivity contribution in [3.8, 4) is 0 Å². The Morgan fingerprint density at radius 2 is 2.50 bits per heavy atom. The van der Waals surface area contributed by atoms with Gasteiger partial charge in [0.1, 0.15) is 4.88 Å². The van der Waals surface area contributed by atoms with E-state index in [0.717, 1.165) is 25.3 Å². The molecule has 2 N–H and O–H groups in total. The van der Waals surface area contributed by atoms with Crippen LogP contribution in [0.25, 0.3) is 0 Å². The maximum Gasteiger partial charge on any atom is 0.266 e. The van der Waals surface area contributed by atoms with Crippen LogP contribution in [0.2, 0.25) is 0 Å². The molecule has 1 saturated heterocycles. The summed E-state index contributed by atoms with van der Waals surface area (Å²) in [7, 11) is 0. The zero-order valence-electron chi connectivity index (χ0n) is 9.31. The van der Waals surface area contributed by atoms with Crippen molar-refractivity contribution < 1.29 is 4.79 Å². The Kier molecular flexibility index (Phi) is 3.76. The summed E-state index contributed by atoms with van der Waals surface area (Å²) >= 11 is 3.40. The summed E-state index contributed by atoms with van der Waals surface area (Å²) in [5.41, 5.74) is 6.39. The molecule has 3 nitrogen and oxygen atoms in total. The topological polar surface area (TPSA) is 46.3 Å². The lowest BCUT2D eigenvalue weighted by Crippen LogP contribution is -2.41. The highest BCUT2D eigenvalue weighted by atomic mass is 32.2. The second-order valence-corrected chi connectivity index (χ2v) is 6.18. The minimum Gasteiger partial charge on any atom is -0.397 e. The normalized spacial score (nSPS) is 21.1. The third-order valence-corrected chi connectivity index (χ3v) is 5.06. The van der Waals surface area contributed by atoms with E-state index in [1.165, 1.54) is 11.3 Å². The molecule has 1 aromatic heterocycles. The number of thioether (sulfide) groups is 1. The number of amides is 1. The molecule has 1 fully saturated rings. The predicted molar refractivity (Wildman–Crippen MR) is 71.2 cm³/mol. The minimum absolute atomic E-state index is 0.103. The van der Waals surface area contributed by atoms with Crippen LogP contribution in [-0.4, -0.2) is 34.9 Å². The zero-order chi connectivity index (χ0) is 11.5. The van der Waals surface area contributed by atoms with Crippen molar-refractivity contribution in [3.05, 3.63) is 16.3 Å². The second kappa shape index (κ2) is 5.10. The van der Waals surface area contributed by atoms with Gasteiger partial charge in [-0.15, -0.1) is 11.3 Å². The predicted octanol–water partition coefficient (Wildman–Crippen LogP) is 2.30.